The summed E-state index contributed by atoms with van der Waals surface area (Å²) in [6.45, 7) is 7.20. The molecule has 0 saturated carbocycles. The third-order valence-electron chi connectivity index (χ3n) is 8.21. The Balaban J connectivity index is 1.86. The van der Waals surface area contributed by atoms with Crippen LogP contribution < -0.4 is 11.1 Å². The molecule has 4 rings (SSSR count). The average molecular weight is 653 g/mol. The van der Waals surface area contributed by atoms with Crippen molar-refractivity contribution in [1.29, 1.82) is 0 Å². The van der Waals surface area contributed by atoms with Crippen molar-refractivity contribution >= 4 is 51.4 Å². The van der Waals surface area contributed by atoms with Gasteiger partial charge in [-0.05, 0) is 62.4 Å². The Kier molecular flexibility index (Phi) is 11.4. The zero-order valence-corrected chi connectivity index (χ0v) is 27.5. The van der Waals surface area contributed by atoms with E-state index in [4.69, 9.17) is 41.5 Å². The van der Waals surface area contributed by atoms with E-state index in [9.17, 15) is 19.8 Å². The van der Waals surface area contributed by atoms with E-state index in [-0.39, 0.29) is 17.4 Å². The molecule has 5 N–H and O–H groups in total. The van der Waals surface area contributed by atoms with E-state index < -0.39 is 42.3 Å². The van der Waals surface area contributed by atoms with Gasteiger partial charge < -0.3 is 35.5 Å². The predicted molar refractivity (Wildman–Crippen MR) is 178 cm³/mol. The summed E-state index contributed by atoms with van der Waals surface area (Å²) in [5.74, 6) is -1.12. The molecule has 11 nitrogen and oxygen atoms in total. The average Bonchev–Trinajstić information content (AvgIpc) is 3.01. The number of nitrogens with zero attached hydrogens (tertiary/aromatic N) is 2. The molecule has 2 heterocycles. The number of hydrogen-bond acceptors (Lipinski definition) is 9. The molecule has 2 bridgehead atoms. The van der Waals surface area contributed by atoms with Crippen LogP contribution in [0.5, 0.6) is 5.75 Å². The smallest absolute Gasteiger partial charge is 0.405 e. The minimum atomic E-state index is -0.983. The van der Waals surface area contributed by atoms with E-state index in [0.717, 1.165) is 0 Å². The van der Waals surface area contributed by atoms with E-state index in [0.29, 0.717) is 56.6 Å². The Bertz CT molecular complexity index is 1710. The first-order chi connectivity index (χ1) is 21.8. The first-order valence-electron chi connectivity index (χ1n) is 15.0. The maximum Gasteiger partial charge on any atom is 0.405 e. The van der Waals surface area contributed by atoms with Crippen LogP contribution in [0.2, 0.25) is 5.02 Å². The molecule has 2 aromatic carbocycles. The number of phenols is 1. The number of amides is 2. The highest BCUT2D eigenvalue weighted by molar-refractivity contribution is 6.31. The van der Waals surface area contributed by atoms with Gasteiger partial charge in [-0.1, -0.05) is 49.8 Å². The first-order valence-corrected chi connectivity index (χ1v) is 15.4. The van der Waals surface area contributed by atoms with Crippen molar-refractivity contribution < 1.29 is 34.0 Å². The largest absolute Gasteiger partial charge is 0.505 e. The van der Waals surface area contributed by atoms with Gasteiger partial charge in [0.05, 0.1) is 40.0 Å². The number of fused-ring (bicyclic) bond motifs is 5. The van der Waals surface area contributed by atoms with Gasteiger partial charge in [-0.3, -0.25) is 4.79 Å². The summed E-state index contributed by atoms with van der Waals surface area (Å²) < 4.78 is 16.8. The highest BCUT2D eigenvalue weighted by Gasteiger charge is 2.30. The Morgan fingerprint density at radius 3 is 2.50 bits per heavy atom. The SMILES string of the molecule is COC1C=CC=C(C)C(=O)Nc2cc3nc4ccc(Cl)cc4nc3c(c2O)CC(C)CC(OC)C(O)C(C)C=C(C)C1OC(N)=O. The zero-order valence-electron chi connectivity index (χ0n) is 26.8. The van der Waals surface area contributed by atoms with Crippen LogP contribution in [0, 0.1) is 11.8 Å². The van der Waals surface area contributed by atoms with Crippen LogP contribution in [0.15, 0.2) is 59.7 Å². The van der Waals surface area contributed by atoms with Crippen LogP contribution in [0.4, 0.5) is 10.5 Å². The van der Waals surface area contributed by atoms with Gasteiger partial charge in [-0.25, -0.2) is 14.8 Å². The van der Waals surface area contributed by atoms with Crippen molar-refractivity contribution in [1.82, 2.24) is 9.97 Å². The number of aromatic nitrogens is 2. The predicted octanol–water partition coefficient (Wildman–Crippen LogP) is 5.60. The van der Waals surface area contributed by atoms with Crippen molar-refractivity contribution in [3.8, 4) is 5.75 Å². The topological polar surface area (TPSA) is 166 Å². The molecule has 0 fully saturated rings. The van der Waals surface area contributed by atoms with Crippen molar-refractivity contribution in [2.24, 2.45) is 17.6 Å². The van der Waals surface area contributed by atoms with E-state index in [1.165, 1.54) is 14.2 Å². The molecule has 46 heavy (non-hydrogen) atoms. The number of carbonyl (C=O) groups excluding carboxylic acids is 2. The third-order valence-corrected chi connectivity index (χ3v) is 8.45. The number of aliphatic hydroxyl groups is 1. The lowest BCUT2D eigenvalue weighted by Crippen LogP contribution is -2.37. The Morgan fingerprint density at radius 1 is 1.09 bits per heavy atom. The highest BCUT2D eigenvalue weighted by atomic mass is 35.5. The molecular formula is C34H41ClN4O7. The van der Waals surface area contributed by atoms with E-state index in [2.05, 4.69) is 5.32 Å². The molecule has 2 amide bonds. The molecule has 1 aromatic heterocycles. The normalized spacial score (nSPS) is 25.2. The number of primary amides is 1. The number of benzene rings is 2. The van der Waals surface area contributed by atoms with Crippen LogP contribution >= 0.6 is 11.6 Å². The summed E-state index contributed by atoms with van der Waals surface area (Å²) in [6, 6.07) is 6.78. The molecule has 246 valence electrons. The fourth-order valence-corrected chi connectivity index (χ4v) is 5.90. The number of aliphatic hydroxyl groups excluding tert-OH is 1. The molecule has 3 aromatic rings. The van der Waals surface area contributed by atoms with Crippen LogP contribution in [-0.2, 0) is 25.4 Å². The van der Waals surface area contributed by atoms with Gasteiger partial charge in [-0.15, -0.1) is 0 Å². The van der Waals surface area contributed by atoms with Crippen molar-refractivity contribution in [3.05, 3.63) is 70.3 Å². The van der Waals surface area contributed by atoms with Crippen LogP contribution in [0.1, 0.15) is 39.7 Å². The molecule has 0 aliphatic carbocycles. The fraction of sp³-hybridized carbons (Fsp3) is 0.412. The molecule has 0 radical (unpaired) electrons. The minimum absolute atomic E-state index is 0.120. The number of phenolic OH excluding ortho intramolecular Hbond substituents is 1. The Hall–Kier alpha value is -4.03. The summed E-state index contributed by atoms with van der Waals surface area (Å²) in [5.41, 5.74) is 9.14. The number of ether oxygens (including phenoxy) is 3. The second kappa shape index (κ2) is 15.0. The van der Waals surface area contributed by atoms with Crippen molar-refractivity contribution in [3.63, 3.8) is 0 Å². The molecule has 6 unspecified atom stereocenters. The zero-order chi connectivity index (χ0) is 33.7. The standard InChI is InChI=1S/C34H41ClN4O7/c1-17-12-22-29-25(37-23-11-10-21(35)15-24(23)38-29)16-26(31(22)41)39-33(42)18(2)8-7-9-27(44-5)32(46-34(36)43)20(4)14-19(3)30(40)28(13-17)45-6/h7-11,14-17,19,27-28,30,32,40-41H,12-13H2,1-6H3,(H2,36,43)(H,39,42). The summed E-state index contributed by atoms with van der Waals surface area (Å²) in [6.07, 6.45) is 3.23. The van der Waals surface area contributed by atoms with Gasteiger partial charge in [0.2, 0.25) is 0 Å². The summed E-state index contributed by atoms with van der Waals surface area (Å²) in [7, 11) is 2.99. The minimum Gasteiger partial charge on any atom is -0.505 e. The maximum atomic E-state index is 13.3. The van der Waals surface area contributed by atoms with Gasteiger partial charge in [-0.2, -0.15) is 0 Å². The number of carbonyl (C=O) groups is 2. The summed E-state index contributed by atoms with van der Waals surface area (Å²) in [4.78, 5) is 34.7. The van der Waals surface area contributed by atoms with Gasteiger partial charge in [0.25, 0.3) is 5.91 Å². The second-order valence-corrected chi connectivity index (χ2v) is 12.2. The number of methoxy groups -OCH3 is 2. The number of nitrogens with two attached hydrogens (primary N) is 1. The molecule has 0 spiro atoms. The number of allylic oxidation sites excluding steroid dienone is 2. The number of halogens is 1. The number of nitrogens with one attached hydrogen (secondary N) is 1. The van der Waals surface area contributed by atoms with E-state index in [1.54, 1.807) is 62.4 Å². The quantitative estimate of drug-likeness (QED) is 0.160. The van der Waals surface area contributed by atoms with Crippen molar-refractivity contribution in [2.45, 2.75) is 65.0 Å². The monoisotopic (exact) mass is 652 g/mol. The lowest BCUT2D eigenvalue weighted by atomic mass is 9.87. The van der Waals surface area contributed by atoms with Gasteiger partial charge in [0.1, 0.15) is 11.9 Å². The number of rotatable bonds is 3. The van der Waals surface area contributed by atoms with Crippen LogP contribution in [0.25, 0.3) is 22.1 Å². The number of anilines is 1. The lowest BCUT2D eigenvalue weighted by molar-refractivity contribution is -0.112. The third kappa shape index (κ3) is 8.03. The Morgan fingerprint density at radius 2 is 1.83 bits per heavy atom. The highest BCUT2D eigenvalue weighted by Crippen LogP contribution is 2.37. The first kappa shape index (κ1) is 34.8. The molecular weight excluding hydrogens is 612 g/mol. The molecule has 0 saturated heterocycles. The van der Waals surface area contributed by atoms with E-state index >= 15 is 0 Å². The molecule has 1 aliphatic rings. The Labute approximate surface area is 273 Å². The van der Waals surface area contributed by atoms with E-state index in [1.807, 2.05) is 13.8 Å². The van der Waals surface area contributed by atoms with Gasteiger partial charge in [0.15, 0.2) is 6.10 Å². The van der Waals surface area contributed by atoms with Crippen LogP contribution in [-0.4, -0.2) is 70.8 Å². The van der Waals surface area contributed by atoms with Gasteiger partial charge in [0, 0.05) is 36.3 Å². The van der Waals surface area contributed by atoms with Crippen LogP contribution in [0.3, 0.4) is 0 Å². The molecule has 1 aliphatic heterocycles. The summed E-state index contributed by atoms with van der Waals surface area (Å²) in [5, 5.41) is 26.2. The summed E-state index contributed by atoms with van der Waals surface area (Å²) >= 11 is 6.23. The van der Waals surface area contributed by atoms with Gasteiger partial charge >= 0.3 is 6.09 Å². The van der Waals surface area contributed by atoms with Crippen molar-refractivity contribution in [2.75, 3.05) is 19.5 Å². The number of aromatic hydroxyl groups is 1. The lowest BCUT2D eigenvalue weighted by Gasteiger charge is -2.29. The number of hydrogen-bond donors (Lipinski definition) is 4. The fourth-order valence-electron chi connectivity index (χ4n) is 5.74. The molecule has 6 atom stereocenters. The molecule has 12 heteroatoms. The second-order valence-electron chi connectivity index (χ2n) is 11.8. The maximum absolute atomic E-state index is 13.3.